The van der Waals surface area contributed by atoms with Crippen LogP contribution in [0.4, 0.5) is 0 Å². The highest BCUT2D eigenvalue weighted by molar-refractivity contribution is 5.99. The number of ketones is 2. The van der Waals surface area contributed by atoms with Gasteiger partial charge in [0.05, 0.1) is 36.6 Å². The molecule has 27 heteroatoms. The third-order valence-electron chi connectivity index (χ3n) is 14.9. The molecule has 0 spiro atoms. The van der Waals surface area contributed by atoms with Crippen LogP contribution in [0.3, 0.4) is 0 Å². The van der Waals surface area contributed by atoms with E-state index in [4.69, 9.17) is 21.9 Å². The minimum atomic E-state index is -1.73. The number of fused-ring (bicyclic) bond motifs is 1. The molecule has 5 rings (SSSR count). The van der Waals surface area contributed by atoms with Crippen LogP contribution in [0.1, 0.15) is 89.3 Å². The zero-order chi connectivity index (χ0) is 64.8. The van der Waals surface area contributed by atoms with Crippen LogP contribution in [0.5, 0.6) is 5.75 Å². The Balaban J connectivity index is 1.28. The summed E-state index contributed by atoms with van der Waals surface area (Å²) in [4.78, 5) is 158. The molecule has 4 aromatic rings. The predicted molar refractivity (Wildman–Crippen MR) is 322 cm³/mol. The lowest BCUT2D eigenvalue weighted by Gasteiger charge is -2.30. The molecule has 1 aliphatic rings. The van der Waals surface area contributed by atoms with Gasteiger partial charge in [-0.2, -0.15) is 0 Å². The van der Waals surface area contributed by atoms with Gasteiger partial charge in [-0.15, -0.1) is 0 Å². The fraction of sp³-hybridized carbons (Fsp3) is 0.475. The first-order valence-corrected chi connectivity index (χ1v) is 29.0. The van der Waals surface area contributed by atoms with Crippen molar-refractivity contribution in [1.29, 1.82) is 0 Å². The minimum Gasteiger partial charge on any atom is -0.508 e. The SMILES string of the molecule is CN=C(N)NCCC[C@H](CC(=O)[C@H](CC(C)C)NC(=O)COC(=O)[C@H](Cc1ccccc1)NC(=O)[C@@H](CC(=O)[C@H](CC(N)=O)NC(=O)[C@@H]1C[C@@H](O)CN1C(=O)[C@@H](Cc1ccc(O)cc1)NC(C)=O)[C@@H](C)O)C(=O)N[C@@H](Cc1c[nH]c2ccccc12)C(N)=O. The highest BCUT2D eigenvalue weighted by Crippen LogP contribution is 2.24. The number of β-amino-alcohol motifs (C(OH)–C–C–N with tert-alkyl or cyclic N) is 1. The molecule has 16 N–H and O–H groups in total. The monoisotopic (exact) mass is 1220 g/mol. The van der Waals surface area contributed by atoms with E-state index in [0.29, 0.717) is 17.5 Å². The molecular formula is C61H82N12O15. The fourth-order valence-corrected chi connectivity index (χ4v) is 10.3. The molecule has 1 saturated heterocycles. The Bertz CT molecular complexity index is 3130. The summed E-state index contributed by atoms with van der Waals surface area (Å²) in [6, 6.07) is 13.2. The zero-order valence-electron chi connectivity index (χ0n) is 50.0. The van der Waals surface area contributed by atoms with Gasteiger partial charge in [0.2, 0.25) is 41.4 Å². The summed E-state index contributed by atoms with van der Waals surface area (Å²) in [7, 11) is 1.49. The molecule has 0 aliphatic carbocycles. The number of aromatic hydroxyl groups is 1. The van der Waals surface area contributed by atoms with E-state index in [1.807, 2.05) is 24.3 Å². The molecule has 1 aromatic heterocycles. The lowest BCUT2D eigenvalue weighted by Crippen LogP contribution is -2.56. The van der Waals surface area contributed by atoms with E-state index in [0.717, 1.165) is 21.4 Å². The van der Waals surface area contributed by atoms with E-state index in [1.165, 1.54) is 45.2 Å². The Kier molecular flexibility index (Phi) is 26.6. The van der Waals surface area contributed by atoms with Gasteiger partial charge in [0.15, 0.2) is 24.1 Å². The van der Waals surface area contributed by atoms with E-state index >= 15 is 0 Å². The molecule has 10 atom stereocenters. The number of hydrogen-bond donors (Lipinski definition) is 13. The Hall–Kier alpha value is -9.24. The molecule has 88 heavy (non-hydrogen) atoms. The average molecular weight is 1220 g/mol. The van der Waals surface area contributed by atoms with Crippen molar-refractivity contribution >= 4 is 81.7 Å². The number of aromatic nitrogens is 1. The lowest BCUT2D eigenvalue weighted by atomic mass is 9.90. The van der Waals surface area contributed by atoms with Crippen molar-refractivity contribution in [2.45, 2.75) is 140 Å². The third-order valence-corrected chi connectivity index (χ3v) is 14.9. The number of aliphatic hydroxyl groups excluding tert-OH is 2. The maximum atomic E-state index is 14.2. The first kappa shape index (κ1) is 69.5. The van der Waals surface area contributed by atoms with Crippen molar-refractivity contribution in [3.8, 4) is 5.75 Å². The van der Waals surface area contributed by atoms with Crippen molar-refractivity contribution in [1.82, 2.24) is 41.8 Å². The number of para-hydroxylation sites is 1. The number of Topliss-reactive ketones (excluding diaryl/α,β-unsaturated/α-hetero) is 2. The van der Waals surface area contributed by atoms with Gasteiger partial charge in [0.1, 0.15) is 29.9 Å². The third kappa shape index (κ3) is 21.6. The number of rotatable bonds is 34. The van der Waals surface area contributed by atoms with Crippen molar-refractivity contribution < 1.29 is 72.8 Å². The van der Waals surface area contributed by atoms with Crippen molar-refractivity contribution in [3.05, 3.63) is 102 Å². The topological polar surface area (TPSA) is 439 Å². The van der Waals surface area contributed by atoms with E-state index in [9.17, 15) is 68.1 Å². The van der Waals surface area contributed by atoms with Crippen LogP contribution >= 0.6 is 0 Å². The highest BCUT2D eigenvalue weighted by Gasteiger charge is 2.43. The van der Waals surface area contributed by atoms with Crippen molar-refractivity contribution in [3.63, 3.8) is 0 Å². The number of nitrogens with one attached hydrogen (secondary N) is 7. The number of hydrogen-bond acceptors (Lipinski definition) is 16. The second-order valence-electron chi connectivity index (χ2n) is 22.4. The summed E-state index contributed by atoms with van der Waals surface area (Å²) >= 11 is 0. The summed E-state index contributed by atoms with van der Waals surface area (Å²) in [6.07, 6.45) is -3.12. The summed E-state index contributed by atoms with van der Waals surface area (Å²) in [6.45, 7) is 4.96. The number of phenols is 1. The van der Waals surface area contributed by atoms with Crippen molar-refractivity contribution in [2.75, 3.05) is 26.7 Å². The van der Waals surface area contributed by atoms with Gasteiger partial charge in [-0.3, -0.25) is 52.9 Å². The number of guanidine groups is 1. The number of ether oxygens (including phenoxy) is 1. The normalized spacial score (nSPS) is 16.8. The van der Waals surface area contributed by atoms with Gasteiger partial charge >= 0.3 is 5.97 Å². The first-order chi connectivity index (χ1) is 41.7. The Morgan fingerprint density at radius 1 is 0.727 bits per heavy atom. The number of nitrogens with zero attached hydrogens (tertiary/aromatic N) is 2. The number of primary amides is 2. The van der Waals surface area contributed by atoms with Crippen LogP contribution in [-0.2, 0) is 76.7 Å². The smallest absolute Gasteiger partial charge is 0.329 e. The standard InChI is InChI=1S/C61H82N12O15/c1-33(2)22-45(51(78)26-38(14-11-21-66-61(64)65-5)56(83)71-47(55(63)82)25-39-30-67-44-16-10-9-15-42(39)44)69-54(81)32-88-60(87)49(24-36-12-7-6-8-13-36)72-57(84)43(34(3)74)28-52(79)46(29-53(62)80)70-58(85)50-27-41(77)31-73(50)59(86)48(68-35(4)75)23-37-17-19-40(76)20-18-37/h6-10,12-13,15-20,30,33-34,38,41,43,45-50,67,74,76-77H,11,14,21-29,31-32H2,1-5H3,(H2,62,80)(H2,63,82)(H,68,75)(H,69,81)(H,70,85)(H,71,83)(H,72,84)(H3,64,65,66)/t34-,38-,41-,43+,45+,46+,47+,48-,49+,50+/m1/s1. The number of likely N-dealkylation sites (tertiary alicyclic amines) is 1. The van der Waals surface area contributed by atoms with Crippen LogP contribution < -0.4 is 49.1 Å². The number of aliphatic imine (C=N–C) groups is 1. The van der Waals surface area contributed by atoms with Gasteiger partial charge in [0, 0.05) is 88.6 Å². The minimum absolute atomic E-state index is 0.0427. The van der Waals surface area contributed by atoms with Gasteiger partial charge < -0.3 is 79.0 Å². The van der Waals surface area contributed by atoms with Crippen LogP contribution in [-0.4, -0.2) is 171 Å². The largest absolute Gasteiger partial charge is 0.508 e. The fourth-order valence-electron chi connectivity index (χ4n) is 10.3. The molecule has 8 amide bonds. The molecule has 0 saturated carbocycles. The van der Waals surface area contributed by atoms with E-state index in [-0.39, 0.29) is 75.7 Å². The number of H-pyrrole nitrogens is 1. The van der Waals surface area contributed by atoms with Gasteiger partial charge in [-0.1, -0.05) is 74.5 Å². The van der Waals surface area contributed by atoms with E-state index in [2.05, 4.69) is 41.9 Å². The molecule has 27 nitrogen and oxygen atoms in total. The summed E-state index contributed by atoms with van der Waals surface area (Å²) < 4.78 is 5.45. The number of nitrogens with two attached hydrogens (primary N) is 3. The molecule has 2 heterocycles. The lowest BCUT2D eigenvalue weighted by molar-refractivity contribution is -0.152. The number of amides is 8. The quantitative estimate of drug-likeness (QED) is 0.0117. The van der Waals surface area contributed by atoms with Crippen LogP contribution in [0.25, 0.3) is 10.9 Å². The zero-order valence-corrected chi connectivity index (χ0v) is 50.0. The molecular weight excluding hydrogens is 1140 g/mol. The maximum Gasteiger partial charge on any atom is 0.329 e. The number of benzene rings is 3. The number of aromatic amines is 1. The molecule has 1 fully saturated rings. The number of esters is 1. The highest BCUT2D eigenvalue weighted by atomic mass is 16.5. The molecule has 0 unspecified atom stereocenters. The van der Waals surface area contributed by atoms with Crippen molar-refractivity contribution in [2.24, 2.45) is 39.9 Å². The number of aliphatic hydroxyl groups is 2. The molecule has 0 radical (unpaired) electrons. The number of carbonyl (C=O) groups is 11. The van der Waals surface area contributed by atoms with Gasteiger partial charge in [-0.25, -0.2) is 4.79 Å². The predicted octanol–water partition coefficient (Wildman–Crippen LogP) is -0.897. The molecule has 3 aromatic carbocycles. The maximum absolute atomic E-state index is 14.2. The summed E-state index contributed by atoms with van der Waals surface area (Å²) in [5.41, 5.74) is 19.7. The second-order valence-corrected chi connectivity index (χ2v) is 22.4. The van der Waals surface area contributed by atoms with Gasteiger partial charge in [-0.05, 0) is 67.0 Å². The van der Waals surface area contributed by atoms with Crippen LogP contribution in [0, 0.1) is 17.8 Å². The summed E-state index contributed by atoms with van der Waals surface area (Å²) in [5.74, 6) is -12.2. The van der Waals surface area contributed by atoms with Crippen LogP contribution in [0.2, 0.25) is 0 Å². The molecule has 1 aliphatic heterocycles. The molecule has 476 valence electrons. The van der Waals surface area contributed by atoms with E-state index < -0.39 is 145 Å². The van der Waals surface area contributed by atoms with Crippen LogP contribution in [0.15, 0.2) is 90.1 Å². The first-order valence-electron chi connectivity index (χ1n) is 29.0. The Morgan fingerprint density at radius 2 is 1.36 bits per heavy atom. The summed E-state index contributed by atoms with van der Waals surface area (Å²) in [5, 5.41) is 48.0. The molecule has 0 bridgehead atoms. The Morgan fingerprint density at radius 3 is 2.00 bits per heavy atom. The number of carbonyl (C=O) groups excluding carboxylic acids is 11. The Labute approximate surface area is 509 Å². The van der Waals surface area contributed by atoms with E-state index in [1.54, 1.807) is 50.4 Å². The van der Waals surface area contributed by atoms with Gasteiger partial charge in [0.25, 0.3) is 5.91 Å². The second kappa shape index (κ2) is 33.6. The average Bonchev–Trinajstić information content (AvgIpc) is 2.76. The number of phenolic OH excluding ortho intramolecular Hbond substituents is 1.